The van der Waals surface area contributed by atoms with Crippen molar-refractivity contribution in [3.8, 4) is 10.6 Å². The van der Waals surface area contributed by atoms with E-state index in [9.17, 15) is 0 Å². The lowest BCUT2D eigenvalue weighted by atomic mass is 10.3. The average Bonchev–Trinajstić information content (AvgIpc) is 2.94. The molecule has 2 heterocycles. The molecule has 0 aliphatic carbocycles. The molecule has 5 nitrogen and oxygen atoms in total. The summed E-state index contributed by atoms with van der Waals surface area (Å²) in [6.45, 7) is 4.46. The third-order valence-corrected chi connectivity index (χ3v) is 3.26. The minimum Gasteiger partial charge on any atom is -0.266 e. The summed E-state index contributed by atoms with van der Waals surface area (Å²) in [6, 6.07) is 6.28. The summed E-state index contributed by atoms with van der Waals surface area (Å²) >= 11 is 1.65. The zero-order valence-electron chi connectivity index (χ0n) is 9.74. The van der Waals surface area contributed by atoms with Crippen molar-refractivity contribution in [2.24, 2.45) is 5.11 Å². The van der Waals surface area contributed by atoms with E-state index in [-0.39, 0.29) is 6.04 Å². The number of rotatable bonds is 4. The van der Waals surface area contributed by atoms with Gasteiger partial charge in [-0.25, -0.2) is 0 Å². The van der Waals surface area contributed by atoms with Gasteiger partial charge in [-0.05, 0) is 36.9 Å². The van der Waals surface area contributed by atoms with Crippen molar-refractivity contribution in [2.45, 2.75) is 26.4 Å². The number of azide groups is 1. The third-order valence-electron chi connectivity index (χ3n) is 2.37. The first kappa shape index (κ1) is 11.7. The van der Waals surface area contributed by atoms with Crippen LogP contribution in [0.2, 0.25) is 0 Å². The highest BCUT2D eigenvalue weighted by Gasteiger charge is 2.11. The number of hydrogen-bond donors (Lipinski definition) is 0. The van der Waals surface area contributed by atoms with E-state index in [2.05, 4.69) is 29.0 Å². The predicted molar refractivity (Wildman–Crippen MR) is 68.8 cm³/mol. The Balaban J connectivity index is 2.40. The molecule has 0 saturated carbocycles. The SMILES string of the molecule is CC(C)n1nc(-c2cccs2)cc1CN=[N+]=[N-]. The van der Waals surface area contributed by atoms with E-state index in [1.165, 1.54) is 0 Å². The quantitative estimate of drug-likeness (QED) is 0.457. The average molecular weight is 247 g/mol. The fourth-order valence-corrected chi connectivity index (χ4v) is 2.33. The van der Waals surface area contributed by atoms with Gasteiger partial charge in [-0.15, -0.1) is 11.3 Å². The molecular formula is C11H13N5S. The van der Waals surface area contributed by atoms with E-state index >= 15 is 0 Å². The Labute approximate surface area is 103 Å². The summed E-state index contributed by atoms with van der Waals surface area (Å²) in [5, 5.41) is 10.2. The smallest absolute Gasteiger partial charge is 0.103 e. The van der Waals surface area contributed by atoms with E-state index in [0.717, 1.165) is 16.3 Å². The summed E-state index contributed by atoms with van der Waals surface area (Å²) in [6.07, 6.45) is 0. The van der Waals surface area contributed by atoms with Crippen LogP contribution in [0.25, 0.3) is 21.0 Å². The topological polar surface area (TPSA) is 66.6 Å². The molecule has 0 saturated heterocycles. The first-order valence-electron chi connectivity index (χ1n) is 5.35. The lowest BCUT2D eigenvalue weighted by Crippen LogP contribution is -2.06. The van der Waals surface area contributed by atoms with Crippen LogP contribution in [0.5, 0.6) is 0 Å². The second-order valence-electron chi connectivity index (χ2n) is 3.93. The maximum atomic E-state index is 8.38. The maximum absolute atomic E-state index is 8.38. The molecule has 0 N–H and O–H groups in total. The standard InChI is InChI=1S/C11H13N5S/c1-8(2)16-9(7-13-15-12)6-10(14-16)11-4-3-5-17-11/h3-6,8H,7H2,1-2H3. The van der Waals surface area contributed by atoms with Gasteiger partial charge in [-0.3, -0.25) is 4.68 Å². The van der Waals surface area contributed by atoms with Gasteiger partial charge in [0.2, 0.25) is 0 Å². The van der Waals surface area contributed by atoms with Gasteiger partial charge in [0.25, 0.3) is 0 Å². The second-order valence-corrected chi connectivity index (χ2v) is 4.87. The fourth-order valence-electron chi connectivity index (χ4n) is 1.65. The van der Waals surface area contributed by atoms with E-state index in [4.69, 9.17) is 5.53 Å². The molecule has 0 spiro atoms. The van der Waals surface area contributed by atoms with Gasteiger partial charge in [-0.2, -0.15) is 5.10 Å². The fraction of sp³-hybridized carbons (Fsp3) is 0.364. The zero-order chi connectivity index (χ0) is 12.3. The first-order chi connectivity index (χ1) is 8.22. The van der Waals surface area contributed by atoms with Crippen molar-refractivity contribution in [3.63, 3.8) is 0 Å². The highest BCUT2D eigenvalue weighted by atomic mass is 32.1. The molecule has 6 heteroatoms. The maximum Gasteiger partial charge on any atom is 0.103 e. The summed E-state index contributed by atoms with van der Waals surface area (Å²) in [5.74, 6) is 0. The number of aromatic nitrogens is 2. The Morgan fingerprint density at radius 2 is 2.41 bits per heavy atom. The van der Waals surface area contributed by atoms with Gasteiger partial charge in [0.05, 0.1) is 11.4 Å². The van der Waals surface area contributed by atoms with Crippen molar-refractivity contribution in [3.05, 3.63) is 39.7 Å². The minimum atomic E-state index is 0.257. The van der Waals surface area contributed by atoms with E-state index in [0.29, 0.717) is 6.54 Å². The molecule has 0 amide bonds. The van der Waals surface area contributed by atoms with E-state index in [1.54, 1.807) is 11.3 Å². The van der Waals surface area contributed by atoms with Crippen LogP contribution in [0.3, 0.4) is 0 Å². The summed E-state index contributed by atoms with van der Waals surface area (Å²) in [7, 11) is 0. The third kappa shape index (κ3) is 2.49. The Kier molecular flexibility index (Phi) is 3.46. The molecule has 2 aromatic rings. The molecule has 2 rings (SSSR count). The zero-order valence-corrected chi connectivity index (χ0v) is 10.6. The first-order valence-corrected chi connectivity index (χ1v) is 6.23. The number of thiophene rings is 1. The molecule has 0 bridgehead atoms. The van der Waals surface area contributed by atoms with Crippen LogP contribution in [-0.2, 0) is 6.54 Å². The predicted octanol–water partition coefficient (Wildman–Crippen LogP) is 4.00. The van der Waals surface area contributed by atoms with Crippen LogP contribution in [0.15, 0.2) is 28.7 Å². The Hall–Kier alpha value is -1.78. The van der Waals surface area contributed by atoms with Gasteiger partial charge >= 0.3 is 0 Å². The Morgan fingerprint density at radius 3 is 3.00 bits per heavy atom. The monoisotopic (exact) mass is 247 g/mol. The molecule has 0 aromatic carbocycles. The van der Waals surface area contributed by atoms with Gasteiger partial charge in [0.1, 0.15) is 5.69 Å². The summed E-state index contributed by atoms with van der Waals surface area (Å²) < 4.78 is 1.91. The molecule has 17 heavy (non-hydrogen) atoms. The van der Waals surface area contributed by atoms with Crippen LogP contribution >= 0.6 is 11.3 Å². The largest absolute Gasteiger partial charge is 0.266 e. The summed E-state index contributed by atoms with van der Waals surface area (Å²) in [5.41, 5.74) is 10.3. The molecule has 0 atom stereocenters. The number of nitrogens with zero attached hydrogens (tertiary/aromatic N) is 5. The Morgan fingerprint density at radius 1 is 1.59 bits per heavy atom. The van der Waals surface area contributed by atoms with Gasteiger partial charge < -0.3 is 0 Å². The lowest BCUT2D eigenvalue weighted by Gasteiger charge is -2.08. The van der Waals surface area contributed by atoms with Crippen molar-refractivity contribution in [1.82, 2.24) is 9.78 Å². The highest BCUT2D eigenvalue weighted by molar-refractivity contribution is 7.13. The van der Waals surface area contributed by atoms with Crippen LogP contribution in [0.1, 0.15) is 25.6 Å². The molecule has 0 radical (unpaired) electrons. The van der Waals surface area contributed by atoms with Crippen LogP contribution in [0, 0.1) is 0 Å². The molecule has 0 unspecified atom stereocenters. The van der Waals surface area contributed by atoms with Gasteiger partial charge in [0, 0.05) is 16.6 Å². The van der Waals surface area contributed by atoms with E-state index < -0.39 is 0 Å². The lowest BCUT2D eigenvalue weighted by molar-refractivity contribution is 0.511. The molecular weight excluding hydrogens is 234 g/mol. The molecule has 88 valence electrons. The molecule has 2 aromatic heterocycles. The molecule has 0 fully saturated rings. The van der Waals surface area contributed by atoms with Crippen molar-refractivity contribution in [2.75, 3.05) is 0 Å². The Bertz CT molecular complexity index is 534. The molecule has 0 aliphatic heterocycles. The molecule has 0 aliphatic rings. The van der Waals surface area contributed by atoms with Crippen LogP contribution in [-0.4, -0.2) is 9.78 Å². The number of hydrogen-bond acceptors (Lipinski definition) is 3. The van der Waals surface area contributed by atoms with E-state index in [1.807, 2.05) is 28.3 Å². The van der Waals surface area contributed by atoms with Crippen LogP contribution < -0.4 is 0 Å². The highest BCUT2D eigenvalue weighted by Crippen LogP contribution is 2.25. The van der Waals surface area contributed by atoms with Crippen LogP contribution in [0.4, 0.5) is 0 Å². The second kappa shape index (κ2) is 5.03. The van der Waals surface area contributed by atoms with Gasteiger partial charge in [-0.1, -0.05) is 11.2 Å². The normalized spacial score (nSPS) is 10.5. The van der Waals surface area contributed by atoms with Gasteiger partial charge in [0.15, 0.2) is 0 Å². The van der Waals surface area contributed by atoms with Crippen molar-refractivity contribution >= 4 is 11.3 Å². The minimum absolute atomic E-state index is 0.257. The summed E-state index contributed by atoms with van der Waals surface area (Å²) in [4.78, 5) is 3.92. The van der Waals surface area contributed by atoms with Crippen molar-refractivity contribution in [1.29, 1.82) is 0 Å². The van der Waals surface area contributed by atoms with Crippen molar-refractivity contribution < 1.29 is 0 Å².